The number of aliphatic hydroxyl groups is 2. The van der Waals surface area contributed by atoms with Gasteiger partial charge in [0.2, 0.25) is 5.88 Å². The fourth-order valence-electron chi connectivity index (χ4n) is 2.26. The molecule has 0 aliphatic carbocycles. The summed E-state index contributed by atoms with van der Waals surface area (Å²) in [4.78, 5) is 15.9. The summed E-state index contributed by atoms with van der Waals surface area (Å²) in [5, 5.41) is 23.7. The quantitative estimate of drug-likeness (QED) is 0.765. The highest BCUT2D eigenvalue weighted by atomic mass is 16.6. The molecule has 3 N–H and O–H groups in total. The van der Waals surface area contributed by atoms with E-state index in [0.717, 1.165) is 10.9 Å². The van der Waals surface area contributed by atoms with Crippen LogP contribution in [0.2, 0.25) is 0 Å². The summed E-state index contributed by atoms with van der Waals surface area (Å²) < 4.78 is 10.2. The number of carbonyl (C=O) groups is 1. The lowest BCUT2D eigenvalue weighted by molar-refractivity contribution is 0.0130. The SMILES string of the molecule is COc1ccc2cc(C(O)C(O)CNC(=O)OC(C)(C)C)ccc2n1. The number of hydrogen-bond acceptors (Lipinski definition) is 6. The Morgan fingerprint density at radius 2 is 1.96 bits per heavy atom. The summed E-state index contributed by atoms with van der Waals surface area (Å²) in [6.45, 7) is 5.11. The molecule has 1 aromatic heterocycles. The second-order valence-electron chi connectivity index (χ2n) is 6.70. The number of nitrogens with one attached hydrogen (secondary N) is 1. The summed E-state index contributed by atoms with van der Waals surface area (Å²) in [6, 6.07) is 8.70. The number of rotatable bonds is 5. The van der Waals surface area contributed by atoms with Crippen LogP contribution in [0, 0.1) is 0 Å². The minimum Gasteiger partial charge on any atom is -0.481 e. The molecule has 1 heterocycles. The Kier molecular flexibility index (Phi) is 5.81. The van der Waals surface area contributed by atoms with E-state index in [-0.39, 0.29) is 6.54 Å². The number of hydrogen-bond donors (Lipinski definition) is 3. The molecule has 0 spiro atoms. The summed E-state index contributed by atoms with van der Waals surface area (Å²) in [5.41, 5.74) is 0.620. The fourth-order valence-corrected chi connectivity index (χ4v) is 2.26. The molecule has 0 saturated carbocycles. The van der Waals surface area contributed by atoms with E-state index in [9.17, 15) is 15.0 Å². The molecule has 2 unspecified atom stereocenters. The number of carbonyl (C=O) groups excluding carboxylic acids is 1. The zero-order chi connectivity index (χ0) is 18.6. The predicted octanol–water partition coefficient (Wildman–Crippen LogP) is 2.16. The topological polar surface area (TPSA) is 101 Å². The van der Waals surface area contributed by atoms with Crippen LogP contribution < -0.4 is 10.1 Å². The van der Waals surface area contributed by atoms with E-state index in [1.165, 1.54) is 0 Å². The van der Waals surface area contributed by atoms with Crippen LogP contribution in [0.5, 0.6) is 5.88 Å². The Hall–Kier alpha value is -2.38. The lowest BCUT2D eigenvalue weighted by atomic mass is 10.0. The molecule has 0 aliphatic heterocycles. The number of aliphatic hydroxyl groups excluding tert-OH is 2. The standard InChI is InChI=1S/C18H24N2O5/c1-18(2,3)25-17(23)19-10-14(21)16(22)12-5-7-13-11(9-12)6-8-15(20-13)24-4/h5-9,14,16,21-22H,10H2,1-4H3,(H,19,23). The van der Waals surface area contributed by atoms with Crippen molar-refractivity contribution in [3.63, 3.8) is 0 Å². The van der Waals surface area contributed by atoms with Crippen LogP contribution in [0.15, 0.2) is 30.3 Å². The number of amides is 1. The van der Waals surface area contributed by atoms with Gasteiger partial charge in [-0.3, -0.25) is 0 Å². The molecule has 2 aromatic rings. The molecule has 1 aromatic carbocycles. The van der Waals surface area contributed by atoms with Crippen molar-refractivity contribution in [2.75, 3.05) is 13.7 Å². The van der Waals surface area contributed by atoms with Gasteiger partial charge in [0.05, 0.1) is 12.6 Å². The normalized spacial score (nSPS) is 14.0. The van der Waals surface area contributed by atoms with Crippen molar-refractivity contribution in [1.82, 2.24) is 10.3 Å². The summed E-state index contributed by atoms with van der Waals surface area (Å²) >= 11 is 0. The zero-order valence-corrected chi connectivity index (χ0v) is 14.8. The second kappa shape index (κ2) is 7.67. The molecule has 7 nitrogen and oxygen atoms in total. The van der Waals surface area contributed by atoms with Crippen molar-refractivity contribution in [3.8, 4) is 5.88 Å². The molecule has 1 amide bonds. The van der Waals surface area contributed by atoms with Gasteiger partial charge in [0.1, 0.15) is 17.8 Å². The van der Waals surface area contributed by atoms with E-state index < -0.39 is 23.9 Å². The minimum absolute atomic E-state index is 0.130. The van der Waals surface area contributed by atoms with Gasteiger partial charge in [0, 0.05) is 18.0 Å². The van der Waals surface area contributed by atoms with Crippen LogP contribution >= 0.6 is 0 Å². The number of aromatic nitrogens is 1. The van der Waals surface area contributed by atoms with Crippen LogP contribution in [0.4, 0.5) is 4.79 Å². The van der Waals surface area contributed by atoms with Crippen molar-refractivity contribution in [2.24, 2.45) is 0 Å². The fraction of sp³-hybridized carbons (Fsp3) is 0.444. The van der Waals surface area contributed by atoms with Crippen LogP contribution in [0.3, 0.4) is 0 Å². The highest BCUT2D eigenvalue weighted by Gasteiger charge is 2.21. The lowest BCUT2D eigenvalue weighted by Crippen LogP contribution is -2.38. The predicted molar refractivity (Wildman–Crippen MR) is 93.5 cm³/mol. The van der Waals surface area contributed by atoms with E-state index in [0.29, 0.717) is 11.4 Å². The number of nitrogens with zero attached hydrogens (tertiary/aromatic N) is 1. The van der Waals surface area contributed by atoms with Gasteiger partial charge in [-0.05, 0) is 44.5 Å². The minimum atomic E-state index is -1.17. The molecule has 25 heavy (non-hydrogen) atoms. The summed E-state index contributed by atoms with van der Waals surface area (Å²) in [6.07, 6.45) is -2.97. The van der Waals surface area contributed by atoms with E-state index in [4.69, 9.17) is 9.47 Å². The maximum Gasteiger partial charge on any atom is 0.407 e. The number of fused-ring (bicyclic) bond motifs is 1. The Morgan fingerprint density at radius 1 is 1.24 bits per heavy atom. The second-order valence-corrected chi connectivity index (χ2v) is 6.70. The van der Waals surface area contributed by atoms with E-state index in [2.05, 4.69) is 10.3 Å². The van der Waals surface area contributed by atoms with Crippen LogP contribution in [0.1, 0.15) is 32.4 Å². The van der Waals surface area contributed by atoms with E-state index >= 15 is 0 Å². The number of pyridine rings is 1. The number of benzene rings is 1. The average molecular weight is 348 g/mol. The van der Waals surface area contributed by atoms with Crippen molar-refractivity contribution in [2.45, 2.75) is 38.6 Å². The molecular formula is C18H24N2O5. The molecule has 2 atom stereocenters. The molecule has 0 fully saturated rings. The summed E-state index contributed by atoms with van der Waals surface area (Å²) in [7, 11) is 1.54. The van der Waals surface area contributed by atoms with Crippen LogP contribution in [-0.2, 0) is 4.74 Å². The van der Waals surface area contributed by atoms with Gasteiger partial charge in [-0.2, -0.15) is 0 Å². The Morgan fingerprint density at radius 3 is 2.60 bits per heavy atom. The Balaban J connectivity index is 2.02. The highest BCUT2D eigenvalue weighted by Crippen LogP contribution is 2.23. The summed E-state index contributed by atoms with van der Waals surface area (Å²) in [5.74, 6) is 0.502. The maximum absolute atomic E-state index is 11.6. The smallest absolute Gasteiger partial charge is 0.407 e. The Labute approximate surface area is 146 Å². The van der Waals surface area contributed by atoms with Crippen molar-refractivity contribution >= 4 is 17.0 Å². The highest BCUT2D eigenvalue weighted by molar-refractivity contribution is 5.80. The molecule has 2 rings (SSSR count). The van der Waals surface area contributed by atoms with Gasteiger partial charge in [-0.15, -0.1) is 0 Å². The first-order valence-corrected chi connectivity index (χ1v) is 7.97. The van der Waals surface area contributed by atoms with Gasteiger partial charge in [-0.25, -0.2) is 9.78 Å². The van der Waals surface area contributed by atoms with Crippen LogP contribution in [0.25, 0.3) is 10.9 Å². The van der Waals surface area contributed by atoms with Gasteiger partial charge >= 0.3 is 6.09 Å². The largest absolute Gasteiger partial charge is 0.481 e. The number of ether oxygens (including phenoxy) is 2. The van der Waals surface area contributed by atoms with E-state index in [1.807, 2.05) is 6.07 Å². The molecule has 7 heteroatoms. The van der Waals surface area contributed by atoms with Gasteiger partial charge in [-0.1, -0.05) is 6.07 Å². The maximum atomic E-state index is 11.6. The van der Waals surface area contributed by atoms with Gasteiger partial charge < -0.3 is 25.0 Å². The van der Waals surface area contributed by atoms with E-state index in [1.54, 1.807) is 52.1 Å². The third-order valence-corrected chi connectivity index (χ3v) is 3.46. The monoisotopic (exact) mass is 348 g/mol. The molecule has 136 valence electrons. The van der Waals surface area contributed by atoms with Crippen molar-refractivity contribution in [1.29, 1.82) is 0 Å². The molecular weight excluding hydrogens is 324 g/mol. The first-order chi connectivity index (χ1) is 11.7. The molecule has 0 bridgehead atoms. The van der Waals surface area contributed by atoms with Crippen molar-refractivity contribution < 1.29 is 24.5 Å². The number of alkyl carbamates (subject to hydrolysis) is 1. The average Bonchev–Trinajstić information content (AvgIpc) is 2.56. The first-order valence-electron chi connectivity index (χ1n) is 7.97. The molecule has 0 aliphatic rings. The molecule has 0 radical (unpaired) electrons. The molecule has 0 saturated heterocycles. The van der Waals surface area contributed by atoms with Gasteiger partial charge in [0.25, 0.3) is 0 Å². The lowest BCUT2D eigenvalue weighted by Gasteiger charge is -2.22. The first kappa shape index (κ1) is 19.0. The number of methoxy groups -OCH3 is 1. The van der Waals surface area contributed by atoms with Crippen LogP contribution in [-0.4, -0.2) is 46.6 Å². The Bertz CT molecular complexity index is 742. The zero-order valence-electron chi connectivity index (χ0n) is 14.8. The third-order valence-electron chi connectivity index (χ3n) is 3.46. The van der Waals surface area contributed by atoms with Gasteiger partial charge in [0.15, 0.2) is 0 Å². The third kappa shape index (κ3) is 5.30. The van der Waals surface area contributed by atoms with Crippen molar-refractivity contribution in [3.05, 3.63) is 35.9 Å².